The molecular weight excluding hydrogens is 410 g/mol. The Balaban J connectivity index is 1.51. The highest BCUT2D eigenvalue weighted by atomic mass is 16.5. The molecule has 0 saturated carbocycles. The van der Waals surface area contributed by atoms with Crippen molar-refractivity contribution in [3.8, 4) is 5.75 Å². The summed E-state index contributed by atoms with van der Waals surface area (Å²) in [5, 5.41) is 3.14. The minimum Gasteiger partial charge on any atom is -0.492 e. The van der Waals surface area contributed by atoms with E-state index in [0.29, 0.717) is 18.0 Å². The van der Waals surface area contributed by atoms with Crippen molar-refractivity contribution in [2.24, 2.45) is 0 Å². The van der Waals surface area contributed by atoms with Crippen LogP contribution in [-0.2, 0) is 11.3 Å². The van der Waals surface area contributed by atoms with E-state index >= 15 is 0 Å². The van der Waals surface area contributed by atoms with E-state index in [0.717, 1.165) is 44.7 Å². The van der Waals surface area contributed by atoms with Crippen LogP contribution in [0.1, 0.15) is 30.5 Å². The van der Waals surface area contributed by atoms with Gasteiger partial charge in [0.1, 0.15) is 11.8 Å². The fourth-order valence-electron chi connectivity index (χ4n) is 4.46. The SMILES string of the molecule is CCOc1ccccc1NC(=O)C(c1ccccc1)N1CCCN(Cc2ccccc2)CC1. The summed E-state index contributed by atoms with van der Waals surface area (Å²) in [5.41, 5.74) is 3.06. The zero-order valence-corrected chi connectivity index (χ0v) is 19.3. The van der Waals surface area contributed by atoms with Crippen molar-refractivity contribution < 1.29 is 9.53 Å². The number of hydrogen-bond donors (Lipinski definition) is 1. The van der Waals surface area contributed by atoms with E-state index in [4.69, 9.17) is 4.74 Å². The first-order valence-corrected chi connectivity index (χ1v) is 11.8. The molecule has 0 spiro atoms. The van der Waals surface area contributed by atoms with Gasteiger partial charge in [-0.2, -0.15) is 0 Å². The number of rotatable bonds is 8. The molecule has 1 heterocycles. The number of carbonyl (C=O) groups is 1. The lowest BCUT2D eigenvalue weighted by molar-refractivity contribution is -0.121. The van der Waals surface area contributed by atoms with Crippen LogP contribution in [0.25, 0.3) is 0 Å². The van der Waals surface area contributed by atoms with Crippen LogP contribution in [0.3, 0.4) is 0 Å². The molecule has 33 heavy (non-hydrogen) atoms. The summed E-state index contributed by atoms with van der Waals surface area (Å²) in [6.45, 7) is 7.13. The van der Waals surface area contributed by atoms with Gasteiger partial charge < -0.3 is 10.1 Å². The van der Waals surface area contributed by atoms with Crippen LogP contribution in [0.5, 0.6) is 5.75 Å². The summed E-state index contributed by atoms with van der Waals surface area (Å²) in [5.74, 6) is 0.676. The van der Waals surface area contributed by atoms with Gasteiger partial charge in [-0.25, -0.2) is 0 Å². The molecule has 0 bridgehead atoms. The number of nitrogens with one attached hydrogen (secondary N) is 1. The minimum absolute atomic E-state index is 0.0233. The summed E-state index contributed by atoms with van der Waals surface area (Å²) < 4.78 is 5.72. The number of benzene rings is 3. The molecule has 3 aromatic carbocycles. The van der Waals surface area contributed by atoms with Gasteiger partial charge in [-0.3, -0.25) is 14.6 Å². The van der Waals surface area contributed by atoms with E-state index in [1.165, 1.54) is 5.56 Å². The summed E-state index contributed by atoms with van der Waals surface area (Å²) in [4.78, 5) is 18.4. The Labute approximate surface area is 197 Å². The average Bonchev–Trinajstić information content (AvgIpc) is 3.07. The molecule has 1 fully saturated rings. The van der Waals surface area contributed by atoms with Crippen molar-refractivity contribution in [3.05, 3.63) is 96.1 Å². The van der Waals surface area contributed by atoms with Crippen LogP contribution in [0.15, 0.2) is 84.9 Å². The Bertz CT molecular complexity index is 1010. The average molecular weight is 444 g/mol. The number of ether oxygens (including phenoxy) is 1. The summed E-state index contributed by atoms with van der Waals surface area (Å²) in [6.07, 6.45) is 1.03. The number of carbonyl (C=O) groups excluding carboxylic acids is 1. The van der Waals surface area contributed by atoms with Crippen LogP contribution in [0.2, 0.25) is 0 Å². The highest BCUT2D eigenvalue weighted by Gasteiger charge is 2.30. The molecule has 1 unspecified atom stereocenters. The predicted molar refractivity (Wildman–Crippen MR) is 133 cm³/mol. The molecule has 3 aromatic rings. The van der Waals surface area contributed by atoms with Gasteiger partial charge in [-0.15, -0.1) is 0 Å². The van der Waals surface area contributed by atoms with Crippen LogP contribution in [0.4, 0.5) is 5.69 Å². The van der Waals surface area contributed by atoms with E-state index in [1.54, 1.807) is 0 Å². The van der Waals surface area contributed by atoms with Crippen LogP contribution >= 0.6 is 0 Å². The zero-order chi connectivity index (χ0) is 22.9. The number of anilines is 1. The van der Waals surface area contributed by atoms with Crippen LogP contribution < -0.4 is 10.1 Å². The monoisotopic (exact) mass is 443 g/mol. The largest absolute Gasteiger partial charge is 0.492 e. The first-order valence-electron chi connectivity index (χ1n) is 11.8. The van der Waals surface area contributed by atoms with Gasteiger partial charge >= 0.3 is 0 Å². The summed E-state index contributed by atoms with van der Waals surface area (Å²) in [7, 11) is 0. The second kappa shape index (κ2) is 11.6. The van der Waals surface area contributed by atoms with E-state index in [9.17, 15) is 4.79 Å². The van der Waals surface area contributed by atoms with Gasteiger partial charge in [-0.05, 0) is 43.1 Å². The van der Waals surface area contributed by atoms with Crippen molar-refractivity contribution in [2.45, 2.75) is 25.9 Å². The highest BCUT2D eigenvalue weighted by Crippen LogP contribution is 2.28. The van der Waals surface area contributed by atoms with Crippen molar-refractivity contribution in [1.29, 1.82) is 0 Å². The van der Waals surface area contributed by atoms with Crippen molar-refractivity contribution in [3.63, 3.8) is 0 Å². The van der Waals surface area contributed by atoms with Gasteiger partial charge in [0.2, 0.25) is 5.91 Å². The van der Waals surface area contributed by atoms with Crippen LogP contribution in [-0.4, -0.2) is 48.5 Å². The second-order valence-electron chi connectivity index (χ2n) is 8.38. The van der Waals surface area contributed by atoms with Crippen LogP contribution in [0, 0.1) is 0 Å². The standard InChI is InChI=1S/C28H33N3O2/c1-2-33-26-17-10-9-16-25(26)29-28(32)27(24-14-7-4-8-15-24)31-19-11-18-30(20-21-31)22-23-12-5-3-6-13-23/h3-10,12-17,27H,2,11,18-22H2,1H3,(H,29,32). The fraction of sp³-hybridized carbons (Fsp3) is 0.321. The quantitative estimate of drug-likeness (QED) is 0.534. The number of amides is 1. The molecule has 0 radical (unpaired) electrons. The Morgan fingerprint density at radius 1 is 0.879 bits per heavy atom. The topological polar surface area (TPSA) is 44.8 Å². The normalized spacial score (nSPS) is 16.0. The van der Waals surface area contributed by atoms with Crippen molar-refractivity contribution in [1.82, 2.24) is 9.80 Å². The Kier molecular flexibility index (Phi) is 8.12. The molecule has 1 aliphatic rings. The van der Waals surface area contributed by atoms with Gasteiger partial charge in [0.05, 0.1) is 12.3 Å². The van der Waals surface area contributed by atoms with Gasteiger partial charge in [0.25, 0.3) is 0 Å². The molecule has 0 aliphatic carbocycles. The molecular formula is C28H33N3O2. The lowest BCUT2D eigenvalue weighted by atomic mass is 10.0. The Morgan fingerprint density at radius 3 is 2.33 bits per heavy atom. The third kappa shape index (κ3) is 6.21. The Hall–Kier alpha value is -3.15. The maximum Gasteiger partial charge on any atom is 0.246 e. The van der Waals surface area contributed by atoms with E-state index < -0.39 is 0 Å². The van der Waals surface area contributed by atoms with Gasteiger partial charge in [0, 0.05) is 26.2 Å². The molecule has 1 N–H and O–H groups in total. The molecule has 1 saturated heterocycles. The molecule has 172 valence electrons. The smallest absolute Gasteiger partial charge is 0.246 e. The maximum absolute atomic E-state index is 13.6. The van der Waals surface area contributed by atoms with Crippen molar-refractivity contribution >= 4 is 11.6 Å². The van der Waals surface area contributed by atoms with E-state index in [-0.39, 0.29) is 11.9 Å². The third-order valence-corrected chi connectivity index (χ3v) is 6.05. The number of hydrogen-bond acceptors (Lipinski definition) is 4. The molecule has 1 amide bonds. The van der Waals surface area contributed by atoms with Gasteiger partial charge in [0.15, 0.2) is 0 Å². The summed E-state index contributed by atoms with van der Waals surface area (Å²) in [6, 6.07) is 28.0. The third-order valence-electron chi connectivity index (χ3n) is 6.05. The van der Waals surface area contributed by atoms with E-state index in [1.807, 2.05) is 61.5 Å². The van der Waals surface area contributed by atoms with Gasteiger partial charge in [-0.1, -0.05) is 72.8 Å². The molecule has 1 atom stereocenters. The second-order valence-corrected chi connectivity index (χ2v) is 8.38. The highest BCUT2D eigenvalue weighted by molar-refractivity contribution is 5.96. The lowest BCUT2D eigenvalue weighted by Gasteiger charge is -2.30. The zero-order valence-electron chi connectivity index (χ0n) is 19.3. The first kappa shape index (κ1) is 23.0. The number of nitrogens with zero attached hydrogens (tertiary/aromatic N) is 2. The minimum atomic E-state index is -0.349. The first-order chi connectivity index (χ1) is 16.2. The van der Waals surface area contributed by atoms with Crippen molar-refractivity contribution in [2.75, 3.05) is 38.1 Å². The summed E-state index contributed by atoms with van der Waals surface area (Å²) >= 11 is 0. The molecule has 5 nitrogen and oxygen atoms in total. The Morgan fingerprint density at radius 2 is 1.58 bits per heavy atom. The lowest BCUT2D eigenvalue weighted by Crippen LogP contribution is -2.39. The molecule has 5 heteroatoms. The van der Waals surface area contributed by atoms with E-state index in [2.05, 4.69) is 45.4 Å². The molecule has 4 rings (SSSR count). The number of para-hydroxylation sites is 2. The fourth-order valence-corrected chi connectivity index (χ4v) is 4.46. The molecule has 1 aliphatic heterocycles. The molecule has 0 aromatic heterocycles. The maximum atomic E-state index is 13.6. The predicted octanol–water partition coefficient (Wildman–Crippen LogP) is 4.97.